The Balaban J connectivity index is 1.67. The fourth-order valence-electron chi connectivity index (χ4n) is 4.42. The highest BCUT2D eigenvalue weighted by molar-refractivity contribution is 6.38. The normalized spacial score (nSPS) is 28.0. The van der Waals surface area contributed by atoms with E-state index in [4.69, 9.17) is 35.1 Å². The van der Waals surface area contributed by atoms with Gasteiger partial charge in [-0.05, 0) is 26.8 Å². The topological polar surface area (TPSA) is 86.5 Å². The van der Waals surface area contributed by atoms with Crippen LogP contribution < -0.4 is 9.80 Å². The van der Waals surface area contributed by atoms with E-state index in [1.165, 1.54) is 4.90 Å². The summed E-state index contributed by atoms with van der Waals surface area (Å²) in [5.41, 5.74) is 2.00. The molecule has 3 fully saturated rings. The predicted octanol–water partition coefficient (Wildman–Crippen LogP) is 3.49. The summed E-state index contributed by atoms with van der Waals surface area (Å²) in [5, 5.41) is 5.21. The summed E-state index contributed by atoms with van der Waals surface area (Å²) in [5.74, 6) is 0.386. The molecule has 0 spiro atoms. The van der Waals surface area contributed by atoms with Gasteiger partial charge in [0, 0.05) is 18.7 Å². The van der Waals surface area contributed by atoms with E-state index in [0.717, 1.165) is 11.3 Å². The molecule has 0 N–H and O–H groups in total. The Kier molecular flexibility index (Phi) is 5.01. The number of carbonyl (C=O) groups is 1. The number of halogens is 1. The highest BCUT2D eigenvalue weighted by Gasteiger charge is 2.37. The van der Waals surface area contributed by atoms with Gasteiger partial charge in [-0.1, -0.05) is 16.8 Å². The van der Waals surface area contributed by atoms with E-state index in [9.17, 15) is 4.79 Å². The van der Waals surface area contributed by atoms with Gasteiger partial charge in [-0.3, -0.25) is 4.90 Å². The van der Waals surface area contributed by atoms with Crippen LogP contribution in [0.3, 0.4) is 0 Å². The van der Waals surface area contributed by atoms with Gasteiger partial charge in [0.1, 0.15) is 11.6 Å². The second-order valence-electron chi connectivity index (χ2n) is 8.04. The number of rotatable bonds is 3. The minimum absolute atomic E-state index is 0.0456. The second-order valence-corrected chi connectivity index (χ2v) is 8.42. The van der Waals surface area contributed by atoms with E-state index in [-0.39, 0.29) is 18.2 Å². The minimum Gasteiger partial charge on any atom is -0.447 e. The fraction of sp³-hybridized carbons (Fsp3) is 0.600. The van der Waals surface area contributed by atoms with Gasteiger partial charge < -0.3 is 28.4 Å². The van der Waals surface area contributed by atoms with E-state index in [2.05, 4.69) is 10.1 Å². The molecule has 0 bridgehead atoms. The molecule has 1 amide bonds. The first-order valence-corrected chi connectivity index (χ1v) is 10.5. The van der Waals surface area contributed by atoms with Gasteiger partial charge in [0.2, 0.25) is 0 Å². The number of cyclic esters (lactones) is 1. The Bertz CT molecular complexity index is 965. The molecule has 30 heavy (non-hydrogen) atoms. The van der Waals surface area contributed by atoms with Gasteiger partial charge in [0.15, 0.2) is 17.7 Å². The van der Waals surface area contributed by atoms with Gasteiger partial charge in [0.05, 0.1) is 42.5 Å². The van der Waals surface area contributed by atoms with Crippen molar-refractivity contribution in [2.75, 3.05) is 42.7 Å². The largest absolute Gasteiger partial charge is 0.447 e. The SMILES string of the molecule is C[C@@H]1CN(c2c(C3OCCO3)cc3c(N4C(=O)OC[C@@H]4C)noc3c2Cl)C[C@@H](C)O1. The lowest BCUT2D eigenvalue weighted by Crippen LogP contribution is -2.46. The highest BCUT2D eigenvalue weighted by Crippen LogP contribution is 2.45. The number of aromatic nitrogens is 1. The van der Waals surface area contributed by atoms with Crippen LogP contribution in [0.25, 0.3) is 11.0 Å². The molecule has 9 nitrogen and oxygen atoms in total. The zero-order valence-corrected chi connectivity index (χ0v) is 17.8. The van der Waals surface area contributed by atoms with Crippen LogP contribution in [0.4, 0.5) is 16.3 Å². The van der Waals surface area contributed by atoms with E-state index >= 15 is 0 Å². The summed E-state index contributed by atoms with van der Waals surface area (Å²) in [4.78, 5) is 15.9. The van der Waals surface area contributed by atoms with Crippen LogP contribution in [0.5, 0.6) is 0 Å². The van der Waals surface area contributed by atoms with Crippen molar-refractivity contribution >= 4 is 40.2 Å². The molecule has 4 heterocycles. The number of benzene rings is 1. The van der Waals surface area contributed by atoms with Crippen molar-refractivity contribution in [3.8, 4) is 0 Å². The molecular weight excluding hydrogens is 414 g/mol. The first kappa shape index (κ1) is 19.9. The first-order chi connectivity index (χ1) is 14.4. The van der Waals surface area contributed by atoms with Crippen molar-refractivity contribution in [2.24, 2.45) is 0 Å². The number of carbonyl (C=O) groups excluding carboxylic acids is 1. The van der Waals surface area contributed by atoms with Crippen molar-refractivity contribution in [2.45, 2.75) is 45.3 Å². The summed E-state index contributed by atoms with van der Waals surface area (Å²) < 4.78 is 28.3. The molecule has 0 unspecified atom stereocenters. The highest BCUT2D eigenvalue weighted by atomic mass is 35.5. The zero-order chi connectivity index (χ0) is 21.0. The van der Waals surface area contributed by atoms with Crippen LogP contribution in [0, 0.1) is 0 Å². The van der Waals surface area contributed by atoms with Crippen molar-refractivity contribution in [1.82, 2.24) is 5.16 Å². The quantitative estimate of drug-likeness (QED) is 0.721. The van der Waals surface area contributed by atoms with Crippen LogP contribution in [0.1, 0.15) is 32.6 Å². The summed E-state index contributed by atoms with van der Waals surface area (Å²) in [6, 6.07) is 1.74. The van der Waals surface area contributed by atoms with Crippen LogP contribution in [-0.2, 0) is 18.9 Å². The molecule has 0 radical (unpaired) electrons. The molecule has 3 saturated heterocycles. The van der Waals surface area contributed by atoms with Gasteiger partial charge >= 0.3 is 6.09 Å². The van der Waals surface area contributed by atoms with E-state index in [0.29, 0.717) is 54.7 Å². The lowest BCUT2D eigenvalue weighted by atomic mass is 10.1. The molecule has 162 valence electrons. The first-order valence-electron chi connectivity index (χ1n) is 10.2. The lowest BCUT2D eigenvalue weighted by molar-refractivity contribution is -0.0443. The Morgan fingerprint density at radius 2 is 1.83 bits per heavy atom. The number of hydrogen-bond donors (Lipinski definition) is 0. The predicted molar refractivity (Wildman–Crippen MR) is 109 cm³/mol. The molecule has 0 aliphatic carbocycles. The summed E-state index contributed by atoms with van der Waals surface area (Å²) in [6.45, 7) is 8.60. The Hall–Kier alpha value is -2.07. The zero-order valence-electron chi connectivity index (χ0n) is 17.1. The second kappa shape index (κ2) is 7.56. The maximum Gasteiger partial charge on any atom is 0.416 e. The van der Waals surface area contributed by atoms with Crippen LogP contribution in [-0.4, -0.2) is 62.4 Å². The number of anilines is 2. The third-order valence-electron chi connectivity index (χ3n) is 5.61. The van der Waals surface area contributed by atoms with Crippen molar-refractivity contribution in [1.29, 1.82) is 0 Å². The average Bonchev–Trinajstić information content (AvgIpc) is 3.42. The van der Waals surface area contributed by atoms with E-state index < -0.39 is 12.4 Å². The van der Waals surface area contributed by atoms with Crippen LogP contribution in [0.15, 0.2) is 10.6 Å². The number of amides is 1. The smallest absolute Gasteiger partial charge is 0.416 e. The summed E-state index contributed by atoms with van der Waals surface area (Å²) in [7, 11) is 0. The molecule has 10 heteroatoms. The molecule has 1 aromatic heterocycles. The molecule has 3 atom stereocenters. The van der Waals surface area contributed by atoms with Gasteiger partial charge in [-0.15, -0.1) is 0 Å². The lowest BCUT2D eigenvalue weighted by Gasteiger charge is -2.38. The van der Waals surface area contributed by atoms with Crippen molar-refractivity contribution < 1.29 is 28.3 Å². The maximum absolute atomic E-state index is 12.3. The number of nitrogens with zero attached hydrogens (tertiary/aromatic N) is 3. The molecule has 1 aromatic carbocycles. The number of hydrogen-bond acceptors (Lipinski definition) is 8. The molecule has 3 aliphatic rings. The van der Waals surface area contributed by atoms with E-state index in [1.807, 2.05) is 26.8 Å². The molecular formula is C20H24ClN3O6. The number of morpholine rings is 1. The maximum atomic E-state index is 12.3. The molecule has 3 aliphatic heterocycles. The van der Waals surface area contributed by atoms with Crippen molar-refractivity contribution in [3.63, 3.8) is 0 Å². The van der Waals surface area contributed by atoms with Crippen LogP contribution >= 0.6 is 11.6 Å². The Morgan fingerprint density at radius 3 is 2.47 bits per heavy atom. The standard InChI is InChI=1S/C20H24ClN3O6/c1-10-9-28-20(25)24(10)18-14-6-13(19-26-4-5-27-19)16(15(21)17(14)30-22-18)23-7-11(2)29-12(3)8-23/h6,10-12,19H,4-5,7-9H2,1-3H3/t10-,11+,12+/m0/s1. The molecule has 2 aromatic rings. The van der Waals surface area contributed by atoms with Gasteiger partial charge in [0.25, 0.3) is 0 Å². The minimum atomic E-state index is -0.555. The Labute approximate surface area is 178 Å². The fourth-order valence-corrected chi connectivity index (χ4v) is 4.78. The van der Waals surface area contributed by atoms with Crippen LogP contribution in [0.2, 0.25) is 5.02 Å². The van der Waals surface area contributed by atoms with E-state index in [1.54, 1.807) is 0 Å². The van der Waals surface area contributed by atoms with Gasteiger partial charge in [-0.25, -0.2) is 4.79 Å². The monoisotopic (exact) mass is 437 g/mol. The Morgan fingerprint density at radius 1 is 1.13 bits per heavy atom. The van der Waals surface area contributed by atoms with Crippen molar-refractivity contribution in [3.05, 3.63) is 16.7 Å². The molecule has 0 saturated carbocycles. The third-order valence-corrected chi connectivity index (χ3v) is 5.97. The van der Waals surface area contributed by atoms with Gasteiger partial charge in [-0.2, -0.15) is 0 Å². The number of ether oxygens (including phenoxy) is 4. The molecule has 5 rings (SSSR count). The summed E-state index contributed by atoms with van der Waals surface area (Å²) >= 11 is 6.88. The average molecular weight is 438 g/mol. The number of fused-ring (bicyclic) bond motifs is 1. The summed E-state index contributed by atoms with van der Waals surface area (Å²) in [6.07, 6.45) is -0.918. The third kappa shape index (κ3) is 3.20.